The summed E-state index contributed by atoms with van der Waals surface area (Å²) in [7, 11) is 0. The lowest BCUT2D eigenvalue weighted by Gasteiger charge is -2.24. The van der Waals surface area contributed by atoms with Crippen LogP contribution in [0.1, 0.15) is 17.0 Å². The van der Waals surface area contributed by atoms with Crippen LogP contribution in [0.4, 0.5) is 0 Å². The molecule has 2 aromatic carbocycles. The second-order valence-corrected chi connectivity index (χ2v) is 5.70. The third-order valence-electron chi connectivity index (χ3n) is 3.46. The van der Waals surface area contributed by atoms with Gasteiger partial charge in [-0.25, -0.2) is 0 Å². The zero-order chi connectivity index (χ0) is 14.5. The second kappa shape index (κ2) is 7.09. The quantitative estimate of drug-likeness (QED) is 0.886. The number of hydrogen-bond donors (Lipinski definition) is 2. The molecule has 2 atom stereocenters. The van der Waals surface area contributed by atoms with E-state index in [0.29, 0.717) is 6.54 Å². The van der Waals surface area contributed by atoms with Gasteiger partial charge in [-0.3, -0.25) is 0 Å². The number of halogens is 2. The first-order valence-corrected chi connectivity index (χ1v) is 7.32. The molecule has 0 radical (unpaired) electrons. The lowest BCUT2D eigenvalue weighted by Crippen LogP contribution is -2.35. The molecule has 4 heteroatoms. The molecular formula is C16H18Cl2N2. The van der Waals surface area contributed by atoms with Crippen LogP contribution in [0.2, 0.25) is 10.0 Å². The van der Waals surface area contributed by atoms with Gasteiger partial charge in [0.15, 0.2) is 0 Å². The highest BCUT2D eigenvalue weighted by atomic mass is 35.5. The van der Waals surface area contributed by atoms with Crippen molar-refractivity contribution in [2.45, 2.75) is 18.4 Å². The fourth-order valence-corrected chi connectivity index (χ4v) is 2.74. The van der Waals surface area contributed by atoms with E-state index in [1.165, 1.54) is 0 Å². The summed E-state index contributed by atoms with van der Waals surface area (Å²) < 4.78 is 0. The number of benzene rings is 2. The second-order valence-electron chi connectivity index (χ2n) is 4.86. The van der Waals surface area contributed by atoms with Gasteiger partial charge in [-0.15, -0.1) is 0 Å². The molecule has 20 heavy (non-hydrogen) atoms. The van der Waals surface area contributed by atoms with E-state index < -0.39 is 0 Å². The van der Waals surface area contributed by atoms with Crippen molar-refractivity contribution < 1.29 is 0 Å². The highest BCUT2D eigenvalue weighted by molar-refractivity contribution is 6.31. The van der Waals surface area contributed by atoms with Crippen molar-refractivity contribution in [3.8, 4) is 0 Å². The van der Waals surface area contributed by atoms with Crippen LogP contribution in [0.15, 0.2) is 48.5 Å². The van der Waals surface area contributed by atoms with Crippen molar-refractivity contribution in [2.24, 2.45) is 11.5 Å². The Bertz CT molecular complexity index is 555. The Balaban J connectivity index is 2.15. The Kier molecular flexibility index (Phi) is 5.44. The van der Waals surface area contributed by atoms with Gasteiger partial charge < -0.3 is 11.5 Å². The molecule has 0 spiro atoms. The first kappa shape index (κ1) is 15.3. The fourth-order valence-electron chi connectivity index (χ4n) is 2.34. The minimum absolute atomic E-state index is 0.0411. The van der Waals surface area contributed by atoms with E-state index in [2.05, 4.69) is 0 Å². The van der Waals surface area contributed by atoms with Crippen LogP contribution in [0.3, 0.4) is 0 Å². The maximum absolute atomic E-state index is 6.33. The van der Waals surface area contributed by atoms with Crippen LogP contribution in [0.25, 0.3) is 0 Å². The monoisotopic (exact) mass is 308 g/mol. The lowest BCUT2D eigenvalue weighted by molar-refractivity contribution is 0.535. The molecule has 0 bridgehead atoms. The van der Waals surface area contributed by atoms with Crippen LogP contribution in [0.5, 0.6) is 0 Å². The standard InChI is InChI=1S/C16H18Cl2N2/c17-12-7-5-11(6-8-12)9-16(20)14(10-19)13-3-1-2-4-15(13)18/h1-8,14,16H,9-10,19-20H2. The average molecular weight is 309 g/mol. The Morgan fingerprint density at radius 3 is 2.20 bits per heavy atom. The molecule has 0 saturated heterocycles. The third kappa shape index (κ3) is 3.74. The normalized spacial score (nSPS) is 14.0. The Hall–Kier alpha value is -1.06. The molecule has 0 aliphatic carbocycles. The predicted molar refractivity (Wildman–Crippen MR) is 86.4 cm³/mol. The number of rotatable bonds is 5. The Morgan fingerprint density at radius 2 is 1.60 bits per heavy atom. The van der Waals surface area contributed by atoms with Crippen LogP contribution in [-0.2, 0) is 6.42 Å². The summed E-state index contributed by atoms with van der Waals surface area (Å²) in [5.74, 6) is 0.0411. The largest absolute Gasteiger partial charge is 0.330 e. The molecule has 2 rings (SSSR count). The average Bonchev–Trinajstić information content (AvgIpc) is 2.44. The van der Waals surface area contributed by atoms with Gasteiger partial charge in [-0.2, -0.15) is 0 Å². The molecule has 106 valence electrons. The molecule has 2 aromatic rings. The molecule has 2 nitrogen and oxygen atoms in total. The van der Waals surface area contributed by atoms with E-state index in [1.807, 2.05) is 48.5 Å². The minimum atomic E-state index is -0.0823. The minimum Gasteiger partial charge on any atom is -0.330 e. The summed E-state index contributed by atoms with van der Waals surface area (Å²) in [6.45, 7) is 0.471. The molecule has 0 aliphatic rings. The summed E-state index contributed by atoms with van der Waals surface area (Å²) in [6.07, 6.45) is 0.740. The fraction of sp³-hybridized carbons (Fsp3) is 0.250. The molecular weight excluding hydrogens is 291 g/mol. The summed E-state index contributed by atoms with van der Waals surface area (Å²) in [4.78, 5) is 0. The van der Waals surface area contributed by atoms with Gasteiger partial charge >= 0.3 is 0 Å². The van der Waals surface area contributed by atoms with Gasteiger partial charge in [0.25, 0.3) is 0 Å². The maximum Gasteiger partial charge on any atom is 0.0441 e. The predicted octanol–water partition coefficient (Wildman–Crippen LogP) is 3.61. The molecule has 0 amide bonds. The lowest BCUT2D eigenvalue weighted by atomic mass is 9.88. The van der Waals surface area contributed by atoms with E-state index >= 15 is 0 Å². The molecule has 0 heterocycles. The number of nitrogens with two attached hydrogens (primary N) is 2. The van der Waals surface area contributed by atoms with E-state index in [4.69, 9.17) is 34.7 Å². The van der Waals surface area contributed by atoms with Gasteiger partial charge in [0, 0.05) is 28.5 Å². The zero-order valence-electron chi connectivity index (χ0n) is 11.1. The van der Waals surface area contributed by atoms with Crippen molar-refractivity contribution in [2.75, 3.05) is 6.54 Å². The molecule has 0 fully saturated rings. The van der Waals surface area contributed by atoms with Gasteiger partial charge in [0.05, 0.1) is 0 Å². The topological polar surface area (TPSA) is 52.0 Å². The van der Waals surface area contributed by atoms with Crippen molar-refractivity contribution in [1.82, 2.24) is 0 Å². The zero-order valence-corrected chi connectivity index (χ0v) is 12.6. The van der Waals surface area contributed by atoms with Gasteiger partial charge in [0.1, 0.15) is 0 Å². The van der Waals surface area contributed by atoms with Gasteiger partial charge in [-0.1, -0.05) is 53.5 Å². The van der Waals surface area contributed by atoms with Crippen molar-refractivity contribution in [1.29, 1.82) is 0 Å². The van der Waals surface area contributed by atoms with Crippen LogP contribution in [0, 0.1) is 0 Å². The molecule has 0 saturated carbocycles. The Morgan fingerprint density at radius 1 is 0.950 bits per heavy atom. The smallest absolute Gasteiger partial charge is 0.0441 e. The van der Waals surface area contributed by atoms with Gasteiger partial charge in [0.2, 0.25) is 0 Å². The first-order valence-electron chi connectivity index (χ1n) is 6.56. The van der Waals surface area contributed by atoms with E-state index in [0.717, 1.165) is 27.6 Å². The molecule has 4 N–H and O–H groups in total. The van der Waals surface area contributed by atoms with Gasteiger partial charge in [-0.05, 0) is 35.7 Å². The van der Waals surface area contributed by atoms with E-state index in [1.54, 1.807) is 0 Å². The highest BCUT2D eigenvalue weighted by Gasteiger charge is 2.20. The summed E-state index contributed by atoms with van der Waals surface area (Å²) in [5, 5.41) is 1.44. The molecule has 0 aromatic heterocycles. The molecule has 0 aliphatic heterocycles. The highest BCUT2D eigenvalue weighted by Crippen LogP contribution is 2.27. The number of hydrogen-bond acceptors (Lipinski definition) is 2. The summed E-state index contributed by atoms with van der Waals surface area (Å²) >= 11 is 12.1. The Labute approximate surface area is 129 Å². The van der Waals surface area contributed by atoms with Crippen molar-refractivity contribution in [3.63, 3.8) is 0 Å². The van der Waals surface area contributed by atoms with Crippen molar-refractivity contribution in [3.05, 3.63) is 69.7 Å². The first-order chi connectivity index (χ1) is 9.61. The van der Waals surface area contributed by atoms with Crippen molar-refractivity contribution >= 4 is 23.2 Å². The SMILES string of the molecule is NCC(c1ccccc1Cl)C(N)Cc1ccc(Cl)cc1. The van der Waals surface area contributed by atoms with E-state index in [-0.39, 0.29) is 12.0 Å². The van der Waals surface area contributed by atoms with Crippen LogP contribution < -0.4 is 11.5 Å². The van der Waals surface area contributed by atoms with Crippen LogP contribution >= 0.6 is 23.2 Å². The summed E-state index contributed by atoms with van der Waals surface area (Å²) in [6, 6.07) is 15.4. The third-order valence-corrected chi connectivity index (χ3v) is 4.06. The maximum atomic E-state index is 6.33. The summed E-state index contributed by atoms with van der Waals surface area (Å²) in [5.41, 5.74) is 14.4. The molecule has 2 unspecified atom stereocenters. The van der Waals surface area contributed by atoms with Crippen LogP contribution in [-0.4, -0.2) is 12.6 Å². The van der Waals surface area contributed by atoms with E-state index in [9.17, 15) is 0 Å².